The van der Waals surface area contributed by atoms with Gasteiger partial charge in [0, 0.05) is 23.0 Å². The number of fused-ring (bicyclic) bond motifs is 3. The van der Waals surface area contributed by atoms with Gasteiger partial charge in [0.2, 0.25) is 0 Å². The molecular formula is C64H78N4O. The van der Waals surface area contributed by atoms with Gasteiger partial charge in [-0.1, -0.05) is 174 Å². The molecule has 3 aromatic heterocycles. The van der Waals surface area contributed by atoms with E-state index in [0.29, 0.717) is 11.8 Å². The van der Waals surface area contributed by atoms with Crippen molar-refractivity contribution >= 4 is 21.8 Å². The number of aromatic nitrogens is 4. The molecule has 0 spiro atoms. The normalized spacial score (nSPS) is 13.1. The van der Waals surface area contributed by atoms with Crippen LogP contribution in [0.4, 0.5) is 0 Å². The van der Waals surface area contributed by atoms with Crippen molar-refractivity contribution in [3.05, 3.63) is 161 Å². The predicted octanol–water partition coefficient (Wildman–Crippen LogP) is 17.2. The average molecular weight is 919 g/mol. The Hall–Kier alpha value is -5.94. The van der Waals surface area contributed by atoms with E-state index in [9.17, 15) is 0 Å². The summed E-state index contributed by atoms with van der Waals surface area (Å²) in [5.74, 6) is 3.28. The Bertz CT molecular complexity index is 3160. The van der Waals surface area contributed by atoms with E-state index in [-0.39, 0.29) is 27.1 Å². The Balaban J connectivity index is 1.31. The highest BCUT2D eigenvalue weighted by Gasteiger charge is 2.35. The minimum Gasteiger partial charge on any atom is -0.458 e. The molecule has 0 amide bonds. The molecule has 0 fully saturated rings. The Morgan fingerprint density at radius 2 is 1.17 bits per heavy atom. The van der Waals surface area contributed by atoms with Crippen LogP contribution in [0.15, 0.2) is 115 Å². The van der Waals surface area contributed by atoms with E-state index in [4.69, 9.17) is 9.72 Å². The summed E-state index contributed by atoms with van der Waals surface area (Å²) in [5.41, 5.74) is 15.2. The van der Waals surface area contributed by atoms with Crippen LogP contribution in [0.1, 0.15) is 183 Å². The molecule has 0 radical (unpaired) electrons. The Morgan fingerprint density at radius 3 is 1.74 bits per heavy atom. The molecule has 0 saturated carbocycles. The van der Waals surface area contributed by atoms with E-state index in [1.165, 1.54) is 61.1 Å². The van der Waals surface area contributed by atoms with Gasteiger partial charge < -0.3 is 4.74 Å². The summed E-state index contributed by atoms with van der Waals surface area (Å²) < 4.78 is 14.1. The summed E-state index contributed by atoms with van der Waals surface area (Å²) in [6, 6.07) is 40.4. The van der Waals surface area contributed by atoms with E-state index >= 15 is 0 Å². The Morgan fingerprint density at radius 1 is 0.551 bits per heavy atom. The molecule has 0 bridgehead atoms. The lowest BCUT2D eigenvalue weighted by molar-refractivity contribution is -0.611. The first kappa shape index (κ1) is 49.5. The monoisotopic (exact) mass is 919 g/mol. The van der Waals surface area contributed by atoms with Crippen LogP contribution >= 0.6 is 0 Å². The first-order chi connectivity index (χ1) is 32.0. The van der Waals surface area contributed by atoms with Crippen molar-refractivity contribution in [2.45, 2.75) is 170 Å². The van der Waals surface area contributed by atoms with Crippen LogP contribution in [-0.2, 0) is 27.1 Å². The van der Waals surface area contributed by atoms with E-state index in [1.807, 2.05) is 6.20 Å². The molecule has 69 heavy (non-hydrogen) atoms. The quantitative estimate of drug-likeness (QED) is 0.112. The summed E-state index contributed by atoms with van der Waals surface area (Å²) in [4.78, 5) is 5.01. The lowest BCUT2D eigenvalue weighted by Gasteiger charge is -2.30. The molecule has 3 heterocycles. The zero-order chi connectivity index (χ0) is 50.3. The summed E-state index contributed by atoms with van der Waals surface area (Å²) in [6.07, 6.45) is 5.90. The number of pyridine rings is 1. The standard InChI is InChI=1S/C64H78N4O/c1-40(2)49-22-20-23-50(41(3)4)56(49)42-26-28-45(29-27-42)66-39-67(59(64(17,18)19)58(66)63(14,15)16)46-34-44(61(8,9)10)35-48(37-46)69-47-30-31-51-54(38-47)68(55-36-43(32-33-65-55)60(5,6)7)53-25-21-24-52(57(51)53)62(11,12)13/h20-38,40-41H,1-19H3. The van der Waals surface area contributed by atoms with Crippen LogP contribution in [0.5, 0.6) is 11.5 Å². The van der Waals surface area contributed by atoms with Crippen molar-refractivity contribution in [1.29, 1.82) is 0 Å². The van der Waals surface area contributed by atoms with Crippen LogP contribution in [0.3, 0.4) is 0 Å². The highest BCUT2D eigenvalue weighted by molar-refractivity contribution is 6.11. The highest BCUT2D eigenvalue weighted by Crippen LogP contribution is 2.43. The highest BCUT2D eigenvalue weighted by atomic mass is 16.5. The van der Waals surface area contributed by atoms with E-state index in [0.717, 1.165) is 39.7 Å². The van der Waals surface area contributed by atoms with Crippen LogP contribution < -0.4 is 9.30 Å². The van der Waals surface area contributed by atoms with Gasteiger partial charge >= 0.3 is 0 Å². The molecule has 0 aliphatic rings. The molecule has 0 saturated heterocycles. The minimum atomic E-state index is -0.228. The molecule has 8 aromatic rings. The third-order valence-electron chi connectivity index (χ3n) is 13.7. The van der Waals surface area contributed by atoms with Gasteiger partial charge in [0.05, 0.1) is 33.8 Å². The fraction of sp³-hybridized carbons (Fsp3) is 0.406. The SMILES string of the molecule is CC(C)c1cccc(C(C)C)c1-c1ccc(-[n+]2[c-]n(-c3cc(Oc4ccc5c6c(C(C)(C)C)cccc6n(-c6cc(C(C)(C)C)ccn6)c5c4)cc(C(C)(C)C)c3)c(C(C)(C)C)c2C(C)(C)C)cc1. The van der Waals surface area contributed by atoms with Crippen molar-refractivity contribution in [3.8, 4) is 39.8 Å². The van der Waals surface area contributed by atoms with Gasteiger partial charge in [0.25, 0.3) is 6.33 Å². The number of nitrogens with zero attached hydrogens (tertiary/aromatic N) is 4. The van der Waals surface area contributed by atoms with Crippen LogP contribution in [-0.4, -0.2) is 14.1 Å². The van der Waals surface area contributed by atoms with Crippen LogP contribution in [0.25, 0.3) is 50.1 Å². The molecule has 5 aromatic carbocycles. The fourth-order valence-electron chi connectivity index (χ4n) is 10.2. The maximum atomic E-state index is 7.10. The van der Waals surface area contributed by atoms with Gasteiger partial charge in [0.15, 0.2) is 0 Å². The van der Waals surface area contributed by atoms with Crippen molar-refractivity contribution in [2.24, 2.45) is 0 Å². The summed E-state index contributed by atoms with van der Waals surface area (Å²) in [6.45, 7) is 43.6. The van der Waals surface area contributed by atoms with E-state index < -0.39 is 0 Å². The largest absolute Gasteiger partial charge is 0.458 e. The molecule has 0 atom stereocenters. The molecule has 0 unspecified atom stereocenters. The maximum absolute atomic E-state index is 7.10. The summed E-state index contributed by atoms with van der Waals surface area (Å²) in [5, 5.41) is 2.44. The van der Waals surface area contributed by atoms with Crippen molar-refractivity contribution in [3.63, 3.8) is 0 Å². The predicted molar refractivity (Wildman–Crippen MR) is 292 cm³/mol. The Labute approximate surface area is 414 Å². The number of hydrogen-bond acceptors (Lipinski definition) is 2. The Kier molecular flexibility index (Phi) is 12.5. The van der Waals surface area contributed by atoms with Crippen LogP contribution in [0.2, 0.25) is 0 Å². The van der Waals surface area contributed by atoms with Gasteiger partial charge in [0.1, 0.15) is 17.3 Å². The first-order valence-electron chi connectivity index (χ1n) is 25.3. The molecular weight excluding hydrogens is 841 g/mol. The van der Waals surface area contributed by atoms with Gasteiger partial charge in [-0.05, 0) is 139 Å². The fourth-order valence-corrected chi connectivity index (χ4v) is 10.2. The van der Waals surface area contributed by atoms with Gasteiger partial charge in [-0.25, -0.2) is 4.98 Å². The summed E-state index contributed by atoms with van der Waals surface area (Å²) >= 11 is 0. The second-order valence-electron chi connectivity index (χ2n) is 25.3. The molecule has 0 aliphatic carbocycles. The van der Waals surface area contributed by atoms with Gasteiger partial charge in [-0.3, -0.25) is 13.7 Å². The van der Waals surface area contributed by atoms with E-state index in [2.05, 4.69) is 261 Å². The first-order valence-corrected chi connectivity index (χ1v) is 25.3. The van der Waals surface area contributed by atoms with E-state index in [1.54, 1.807) is 0 Å². The van der Waals surface area contributed by atoms with Crippen molar-refractivity contribution < 1.29 is 9.30 Å². The molecule has 0 N–H and O–H groups in total. The third-order valence-corrected chi connectivity index (χ3v) is 13.7. The number of benzene rings is 5. The molecule has 0 aliphatic heterocycles. The smallest absolute Gasteiger partial charge is 0.269 e. The number of rotatable bonds is 8. The second kappa shape index (κ2) is 17.5. The molecule has 5 nitrogen and oxygen atoms in total. The third kappa shape index (κ3) is 9.56. The maximum Gasteiger partial charge on any atom is 0.269 e. The lowest BCUT2D eigenvalue weighted by Crippen LogP contribution is -2.40. The zero-order valence-electron chi connectivity index (χ0n) is 45.3. The lowest BCUT2D eigenvalue weighted by atomic mass is 9.81. The number of ether oxygens (including phenoxy) is 1. The molecule has 360 valence electrons. The topological polar surface area (TPSA) is 35.9 Å². The number of hydrogen-bond donors (Lipinski definition) is 0. The minimum absolute atomic E-state index is 0.0313. The van der Waals surface area contributed by atoms with Crippen molar-refractivity contribution in [1.82, 2.24) is 14.1 Å². The number of imidazole rings is 1. The van der Waals surface area contributed by atoms with Gasteiger partial charge in [-0.15, -0.1) is 0 Å². The van der Waals surface area contributed by atoms with Crippen LogP contribution in [0, 0.1) is 6.33 Å². The van der Waals surface area contributed by atoms with Crippen molar-refractivity contribution in [2.75, 3.05) is 0 Å². The zero-order valence-corrected chi connectivity index (χ0v) is 45.3. The summed E-state index contributed by atoms with van der Waals surface area (Å²) in [7, 11) is 0. The average Bonchev–Trinajstić information content (AvgIpc) is 3.83. The molecule has 5 heteroatoms. The van der Waals surface area contributed by atoms with Gasteiger partial charge in [-0.2, -0.15) is 0 Å². The second-order valence-corrected chi connectivity index (χ2v) is 25.3. The molecule has 8 rings (SSSR count).